The van der Waals surface area contributed by atoms with Gasteiger partial charge in [-0.3, -0.25) is 25.2 Å². The molecular formula is C18H17ClFN3O4. The summed E-state index contributed by atoms with van der Waals surface area (Å²) in [4.78, 5) is 35.1. The maximum Gasteiger partial charge on any atom is 0.276 e. The number of ether oxygens (including phenoxy) is 1. The van der Waals surface area contributed by atoms with E-state index in [-0.39, 0.29) is 24.6 Å². The van der Waals surface area contributed by atoms with Gasteiger partial charge in [-0.1, -0.05) is 23.7 Å². The molecule has 0 unspecified atom stereocenters. The van der Waals surface area contributed by atoms with Gasteiger partial charge in [0.05, 0.1) is 0 Å². The second kappa shape index (κ2) is 10.1. The Kier molecular flexibility index (Phi) is 7.57. The molecule has 2 aromatic carbocycles. The molecule has 0 aliphatic carbocycles. The Hall–Kier alpha value is -3.13. The summed E-state index contributed by atoms with van der Waals surface area (Å²) in [5.41, 5.74) is 4.72. The van der Waals surface area contributed by atoms with E-state index in [1.165, 1.54) is 18.2 Å². The Morgan fingerprint density at radius 1 is 0.963 bits per heavy atom. The van der Waals surface area contributed by atoms with Crippen molar-refractivity contribution in [3.63, 3.8) is 0 Å². The van der Waals surface area contributed by atoms with Crippen LogP contribution >= 0.6 is 11.6 Å². The third-order valence-corrected chi connectivity index (χ3v) is 3.53. The summed E-state index contributed by atoms with van der Waals surface area (Å²) in [5, 5.41) is 3.08. The molecule has 0 bridgehead atoms. The van der Waals surface area contributed by atoms with Crippen LogP contribution in [0.5, 0.6) is 5.75 Å². The fourth-order valence-corrected chi connectivity index (χ4v) is 2.06. The van der Waals surface area contributed by atoms with Crippen LogP contribution in [0.2, 0.25) is 5.02 Å². The summed E-state index contributed by atoms with van der Waals surface area (Å²) in [6.45, 7) is -0.386. The van der Waals surface area contributed by atoms with Gasteiger partial charge in [-0.15, -0.1) is 0 Å². The predicted molar refractivity (Wildman–Crippen MR) is 96.6 cm³/mol. The quantitative estimate of drug-likeness (QED) is 0.625. The van der Waals surface area contributed by atoms with E-state index in [0.717, 1.165) is 0 Å². The van der Waals surface area contributed by atoms with Crippen LogP contribution in [0.15, 0.2) is 48.5 Å². The van der Waals surface area contributed by atoms with Crippen LogP contribution in [-0.4, -0.2) is 30.9 Å². The van der Waals surface area contributed by atoms with Gasteiger partial charge in [-0.25, -0.2) is 4.39 Å². The van der Waals surface area contributed by atoms with Gasteiger partial charge >= 0.3 is 0 Å². The van der Waals surface area contributed by atoms with Crippen molar-refractivity contribution < 1.29 is 23.5 Å². The summed E-state index contributed by atoms with van der Waals surface area (Å²) in [7, 11) is 0. The Morgan fingerprint density at radius 3 is 2.33 bits per heavy atom. The van der Waals surface area contributed by atoms with E-state index in [4.69, 9.17) is 16.3 Å². The Balaban J connectivity index is 1.62. The maximum atomic E-state index is 13.3. The van der Waals surface area contributed by atoms with Crippen LogP contribution in [0.4, 0.5) is 4.39 Å². The third kappa shape index (κ3) is 6.95. The minimum Gasteiger partial charge on any atom is -0.481 e. The largest absolute Gasteiger partial charge is 0.481 e. The Bertz CT molecular complexity index is 815. The summed E-state index contributed by atoms with van der Waals surface area (Å²) in [6, 6.07) is 11.9. The molecule has 7 nitrogen and oxygen atoms in total. The zero-order chi connectivity index (χ0) is 19.6. The van der Waals surface area contributed by atoms with Crippen LogP contribution < -0.4 is 20.9 Å². The molecule has 9 heteroatoms. The highest BCUT2D eigenvalue weighted by Gasteiger charge is 2.09. The lowest BCUT2D eigenvalue weighted by molar-refractivity contribution is -0.130. The van der Waals surface area contributed by atoms with Crippen LogP contribution in [0.1, 0.15) is 16.8 Å². The van der Waals surface area contributed by atoms with Gasteiger partial charge in [-0.2, -0.15) is 0 Å². The summed E-state index contributed by atoms with van der Waals surface area (Å²) >= 11 is 5.74. The highest BCUT2D eigenvalue weighted by Crippen LogP contribution is 2.14. The smallest absolute Gasteiger partial charge is 0.276 e. The van der Waals surface area contributed by atoms with Gasteiger partial charge < -0.3 is 10.1 Å². The van der Waals surface area contributed by atoms with Gasteiger partial charge in [0.1, 0.15) is 0 Å². The van der Waals surface area contributed by atoms with Crippen molar-refractivity contribution in [2.24, 2.45) is 0 Å². The van der Waals surface area contributed by atoms with E-state index < -0.39 is 24.2 Å². The van der Waals surface area contributed by atoms with Crippen molar-refractivity contribution in [2.45, 2.75) is 6.42 Å². The molecule has 0 saturated carbocycles. The lowest BCUT2D eigenvalue weighted by atomic mass is 10.2. The van der Waals surface area contributed by atoms with Crippen LogP contribution in [0.25, 0.3) is 0 Å². The molecule has 0 aromatic heterocycles. The van der Waals surface area contributed by atoms with Gasteiger partial charge in [-0.05, 0) is 36.4 Å². The van der Waals surface area contributed by atoms with E-state index in [9.17, 15) is 18.8 Å². The molecule has 0 heterocycles. The second-order valence-electron chi connectivity index (χ2n) is 5.33. The van der Waals surface area contributed by atoms with Crippen molar-refractivity contribution in [3.8, 4) is 5.75 Å². The molecule has 0 radical (unpaired) electrons. The normalized spacial score (nSPS) is 10.0. The molecule has 0 aliphatic heterocycles. The number of hydrazine groups is 1. The topological polar surface area (TPSA) is 96.5 Å². The van der Waals surface area contributed by atoms with Gasteiger partial charge in [0.25, 0.3) is 11.8 Å². The first-order chi connectivity index (χ1) is 13.0. The molecule has 3 amide bonds. The molecule has 0 fully saturated rings. The van der Waals surface area contributed by atoms with Crippen molar-refractivity contribution >= 4 is 29.3 Å². The summed E-state index contributed by atoms with van der Waals surface area (Å²) < 4.78 is 18.3. The second-order valence-corrected chi connectivity index (χ2v) is 5.76. The standard InChI is InChI=1S/C18H17ClFN3O4/c19-13-7-5-12(6-8-13)18(26)21-10-9-16(24)22-23-17(25)11-27-15-4-2-1-3-14(15)20/h1-8H,9-11H2,(H,21,26)(H,22,24)(H,23,25). The SMILES string of the molecule is O=C(CCNC(=O)c1ccc(Cl)cc1)NNC(=O)COc1ccccc1F. The molecule has 0 atom stereocenters. The minimum absolute atomic E-state index is 0.0478. The molecule has 142 valence electrons. The number of hydrogen-bond donors (Lipinski definition) is 3. The molecule has 2 aromatic rings. The van der Waals surface area contributed by atoms with E-state index in [2.05, 4.69) is 16.2 Å². The molecule has 27 heavy (non-hydrogen) atoms. The number of nitrogens with one attached hydrogen (secondary N) is 3. The maximum absolute atomic E-state index is 13.3. The molecular weight excluding hydrogens is 377 g/mol. The zero-order valence-corrected chi connectivity index (χ0v) is 14.9. The lowest BCUT2D eigenvalue weighted by Gasteiger charge is -2.09. The molecule has 0 aliphatic rings. The predicted octanol–water partition coefficient (Wildman–Crippen LogP) is 1.83. The molecule has 0 spiro atoms. The summed E-state index contributed by atoms with van der Waals surface area (Å²) in [5.74, 6) is -2.17. The Morgan fingerprint density at radius 2 is 1.63 bits per heavy atom. The van der Waals surface area contributed by atoms with E-state index in [0.29, 0.717) is 10.6 Å². The number of para-hydroxylation sites is 1. The average molecular weight is 394 g/mol. The molecule has 0 saturated heterocycles. The summed E-state index contributed by atoms with van der Waals surface area (Å²) in [6.07, 6.45) is -0.0478. The Labute approximate surface area is 159 Å². The van der Waals surface area contributed by atoms with Gasteiger partial charge in [0, 0.05) is 23.6 Å². The van der Waals surface area contributed by atoms with Crippen LogP contribution in [0, 0.1) is 5.82 Å². The van der Waals surface area contributed by atoms with Crippen LogP contribution in [0.3, 0.4) is 0 Å². The highest BCUT2D eigenvalue weighted by molar-refractivity contribution is 6.30. The fraction of sp³-hybridized carbons (Fsp3) is 0.167. The minimum atomic E-state index is -0.656. The third-order valence-electron chi connectivity index (χ3n) is 3.28. The van der Waals surface area contributed by atoms with Crippen molar-refractivity contribution in [2.75, 3.05) is 13.2 Å². The average Bonchev–Trinajstić information content (AvgIpc) is 2.66. The van der Waals surface area contributed by atoms with Crippen molar-refractivity contribution in [3.05, 3.63) is 64.9 Å². The number of hydrogen-bond acceptors (Lipinski definition) is 4. The number of carbonyl (C=O) groups excluding carboxylic acids is 3. The van der Waals surface area contributed by atoms with E-state index >= 15 is 0 Å². The number of halogens is 2. The first kappa shape index (κ1) is 20.2. The lowest BCUT2D eigenvalue weighted by Crippen LogP contribution is -2.44. The molecule has 3 N–H and O–H groups in total. The first-order valence-corrected chi connectivity index (χ1v) is 8.32. The zero-order valence-electron chi connectivity index (χ0n) is 14.1. The van der Waals surface area contributed by atoms with E-state index in [1.54, 1.807) is 30.3 Å². The molecule has 2 rings (SSSR count). The van der Waals surface area contributed by atoms with Crippen molar-refractivity contribution in [1.82, 2.24) is 16.2 Å². The van der Waals surface area contributed by atoms with Gasteiger partial charge in [0.2, 0.25) is 5.91 Å². The van der Waals surface area contributed by atoms with Crippen molar-refractivity contribution in [1.29, 1.82) is 0 Å². The number of carbonyl (C=O) groups is 3. The number of amides is 3. The highest BCUT2D eigenvalue weighted by atomic mass is 35.5. The van der Waals surface area contributed by atoms with E-state index in [1.807, 2.05) is 0 Å². The first-order valence-electron chi connectivity index (χ1n) is 7.94. The number of rotatable bonds is 7. The number of benzene rings is 2. The van der Waals surface area contributed by atoms with Gasteiger partial charge in [0.15, 0.2) is 18.2 Å². The fourth-order valence-electron chi connectivity index (χ4n) is 1.94. The van der Waals surface area contributed by atoms with Crippen LogP contribution in [-0.2, 0) is 9.59 Å². The monoisotopic (exact) mass is 393 g/mol.